The number of ether oxygens (including phenoxy) is 1. The average Bonchev–Trinajstić information content (AvgIpc) is 2.93. The number of hydrogen-bond acceptors (Lipinski definition) is 5. The van der Waals surface area contributed by atoms with E-state index in [-0.39, 0.29) is 18.1 Å². The van der Waals surface area contributed by atoms with Crippen LogP contribution in [0.5, 0.6) is 5.75 Å². The Balaban J connectivity index is 1.82. The smallest absolute Gasteiger partial charge is 0.358 e. The van der Waals surface area contributed by atoms with Crippen molar-refractivity contribution < 1.29 is 19.4 Å². The van der Waals surface area contributed by atoms with Gasteiger partial charge in [0.2, 0.25) is 5.91 Å². The number of benzene rings is 1. The number of nitrogens with zero attached hydrogens (tertiary/aromatic N) is 4. The first kappa shape index (κ1) is 16.0. The van der Waals surface area contributed by atoms with E-state index in [1.165, 1.54) is 10.9 Å². The van der Waals surface area contributed by atoms with Crippen molar-refractivity contribution in [2.75, 3.05) is 18.6 Å². The average molecular weight is 330 g/mol. The van der Waals surface area contributed by atoms with Crippen LogP contribution in [-0.4, -0.2) is 45.6 Å². The summed E-state index contributed by atoms with van der Waals surface area (Å²) in [6, 6.07) is 5.68. The Hall–Kier alpha value is -2.90. The molecule has 0 bridgehead atoms. The summed E-state index contributed by atoms with van der Waals surface area (Å²) in [4.78, 5) is 25.2. The summed E-state index contributed by atoms with van der Waals surface area (Å²) in [6.45, 7) is 0.574. The topological polar surface area (TPSA) is 97.5 Å². The zero-order chi connectivity index (χ0) is 17.1. The Morgan fingerprint density at radius 3 is 2.88 bits per heavy atom. The number of methoxy groups -OCH3 is 1. The minimum absolute atomic E-state index is 0.0499. The summed E-state index contributed by atoms with van der Waals surface area (Å²) < 4.78 is 6.51. The van der Waals surface area contributed by atoms with Gasteiger partial charge in [0, 0.05) is 12.2 Å². The van der Waals surface area contributed by atoms with Crippen molar-refractivity contribution in [3.8, 4) is 5.75 Å². The number of rotatable bonds is 4. The van der Waals surface area contributed by atoms with Crippen LogP contribution in [0, 0.1) is 0 Å². The number of fused-ring (bicyclic) bond motifs is 1. The quantitative estimate of drug-likeness (QED) is 0.909. The zero-order valence-corrected chi connectivity index (χ0v) is 13.3. The highest BCUT2D eigenvalue weighted by atomic mass is 16.5. The van der Waals surface area contributed by atoms with Gasteiger partial charge in [-0.2, -0.15) is 0 Å². The number of carbonyl (C=O) groups excluding carboxylic acids is 1. The molecular formula is C16H18N4O4. The number of anilines is 1. The number of carbonyl (C=O) groups is 2. The largest absolute Gasteiger partial charge is 0.497 e. The lowest BCUT2D eigenvalue weighted by molar-refractivity contribution is -0.119. The van der Waals surface area contributed by atoms with Gasteiger partial charge in [0.05, 0.1) is 13.3 Å². The maximum atomic E-state index is 12.7. The Bertz CT molecular complexity index is 771. The molecule has 2 aromatic rings. The van der Waals surface area contributed by atoms with Gasteiger partial charge in [-0.1, -0.05) is 5.21 Å². The van der Waals surface area contributed by atoms with Gasteiger partial charge >= 0.3 is 5.97 Å². The van der Waals surface area contributed by atoms with E-state index >= 15 is 0 Å². The Morgan fingerprint density at radius 1 is 1.33 bits per heavy atom. The monoisotopic (exact) mass is 330 g/mol. The second-order valence-corrected chi connectivity index (χ2v) is 5.60. The van der Waals surface area contributed by atoms with Crippen LogP contribution in [0.3, 0.4) is 0 Å². The molecule has 0 saturated heterocycles. The van der Waals surface area contributed by atoms with E-state index in [0.29, 0.717) is 6.54 Å². The normalized spacial score (nSPS) is 14.0. The molecule has 1 aliphatic rings. The van der Waals surface area contributed by atoms with E-state index in [1.807, 2.05) is 18.2 Å². The van der Waals surface area contributed by atoms with E-state index < -0.39 is 5.97 Å². The van der Waals surface area contributed by atoms with Crippen LogP contribution >= 0.6 is 0 Å². The summed E-state index contributed by atoms with van der Waals surface area (Å²) in [7, 11) is 1.62. The van der Waals surface area contributed by atoms with Crippen LogP contribution in [-0.2, 0) is 17.8 Å². The van der Waals surface area contributed by atoms with Crippen molar-refractivity contribution in [2.24, 2.45) is 0 Å². The summed E-state index contributed by atoms with van der Waals surface area (Å²) >= 11 is 0. The molecule has 0 fully saturated rings. The van der Waals surface area contributed by atoms with Crippen LogP contribution in [0.4, 0.5) is 5.69 Å². The van der Waals surface area contributed by atoms with E-state index in [0.717, 1.165) is 36.3 Å². The van der Waals surface area contributed by atoms with Crippen LogP contribution in [0.2, 0.25) is 0 Å². The number of hydrogen-bond donors (Lipinski definition) is 1. The van der Waals surface area contributed by atoms with Gasteiger partial charge < -0.3 is 14.7 Å². The van der Waals surface area contributed by atoms with Crippen molar-refractivity contribution in [2.45, 2.75) is 25.8 Å². The van der Waals surface area contributed by atoms with E-state index in [2.05, 4.69) is 10.3 Å². The first-order valence-corrected chi connectivity index (χ1v) is 7.69. The number of carboxylic acids is 1. The molecule has 8 nitrogen and oxygen atoms in total. The van der Waals surface area contributed by atoms with Gasteiger partial charge in [0.15, 0.2) is 5.69 Å². The van der Waals surface area contributed by atoms with Crippen molar-refractivity contribution in [1.82, 2.24) is 15.0 Å². The highest BCUT2D eigenvalue weighted by molar-refractivity contribution is 5.94. The molecule has 1 amide bonds. The highest BCUT2D eigenvalue weighted by Crippen LogP contribution is 2.30. The zero-order valence-electron chi connectivity index (χ0n) is 13.3. The predicted molar refractivity (Wildman–Crippen MR) is 85.3 cm³/mol. The Morgan fingerprint density at radius 2 is 2.17 bits per heavy atom. The third-order valence-electron chi connectivity index (χ3n) is 4.01. The second kappa shape index (κ2) is 6.69. The molecule has 0 spiro atoms. The van der Waals surface area contributed by atoms with Crippen molar-refractivity contribution in [3.63, 3.8) is 0 Å². The first-order valence-electron chi connectivity index (χ1n) is 7.69. The van der Waals surface area contributed by atoms with Gasteiger partial charge in [0.1, 0.15) is 12.3 Å². The Labute approximate surface area is 138 Å². The van der Waals surface area contributed by atoms with Crippen molar-refractivity contribution in [1.29, 1.82) is 0 Å². The minimum atomic E-state index is -1.17. The lowest BCUT2D eigenvalue weighted by atomic mass is 10.1. The number of aromatic carboxylic acids is 1. The van der Waals surface area contributed by atoms with Gasteiger partial charge in [0.25, 0.3) is 0 Å². The number of amides is 1. The molecule has 0 atom stereocenters. The van der Waals surface area contributed by atoms with E-state index in [4.69, 9.17) is 9.84 Å². The molecule has 1 N–H and O–H groups in total. The van der Waals surface area contributed by atoms with Gasteiger partial charge in [-0.15, -0.1) is 5.10 Å². The van der Waals surface area contributed by atoms with Crippen LogP contribution in [0.1, 0.15) is 28.9 Å². The molecule has 0 saturated carbocycles. The second-order valence-electron chi connectivity index (χ2n) is 5.60. The maximum absolute atomic E-state index is 12.7. The summed E-state index contributed by atoms with van der Waals surface area (Å²) in [5, 5.41) is 16.1. The number of aryl methyl sites for hydroxylation is 1. The van der Waals surface area contributed by atoms with Crippen LogP contribution in [0.25, 0.3) is 0 Å². The van der Waals surface area contributed by atoms with E-state index in [9.17, 15) is 9.59 Å². The fourth-order valence-electron chi connectivity index (χ4n) is 2.81. The van der Waals surface area contributed by atoms with Crippen LogP contribution in [0.15, 0.2) is 24.4 Å². The molecule has 0 unspecified atom stereocenters. The number of aromatic nitrogens is 3. The number of carboxylic acid groups (broad SMARTS) is 1. The lowest BCUT2D eigenvalue weighted by Gasteiger charge is -2.23. The minimum Gasteiger partial charge on any atom is -0.497 e. The SMILES string of the molecule is COc1ccc2c(c1)CCCCN2C(=O)Cn1cc(C(=O)O)nn1. The molecule has 2 heterocycles. The van der Waals surface area contributed by atoms with Crippen molar-refractivity contribution in [3.05, 3.63) is 35.7 Å². The maximum Gasteiger partial charge on any atom is 0.358 e. The highest BCUT2D eigenvalue weighted by Gasteiger charge is 2.22. The van der Waals surface area contributed by atoms with E-state index in [1.54, 1.807) is 12.0 Å². The fraction of sp³-hybridized carbons (Fsp3) is 0.375. The standard InChI is InChI=1S/C16H18N4O4/c1-24-12-5-6-14-11(8-12)4-2-3-7-20(14)15(21)10-19-9-13(16(22)23)17-18-19/h5-6,8-9H,2-4,7,10H2,1H3,(H,22,23). The molecular weight excluding hydrogens is 312 g/mol. The molecule has 1 aromatic carbocycles. The molecule has 0 radical (unpaired) electrons. The summed E-state index contributed by atoms with van der Waals surface area (Å²) in [5.74, 6) is -0.545. The molecule has 8 heteroatoms. The summed E-state index contributed by atoms with van der Waals surface area (Å²) in [6.07, 6.45) is 4.05. The molecule has 126 valence electrons. The molecule has 0 aliphatic carbocycles. The predicted octanol–water partition coefficient (Wildman–Crippen LogP) is 1.35. The molecule has 1 aliphatic heterocycles. The fourth-order valence-corrected chi connectivity index (χ4v) is 2.81. The van der Waals surface area contributed by atoms with Gasteiger partial charge in [-0.25, -0.2) is 9.48 Å². The first-order chi connectivity index (χ1) is 11.6. The molecule has 1 aromatic heterocycles. The Kier molecular flexibility index (Phi) is 4.45. The third kappa shape index (κ3) is 3.22. The molecule has 3 rings (SSSR count). The molecule has 24 heavy (non-hydrogen) atoms. The summed E-state index contributed by atoms with van der Waals surface area (Å²) in [5.41, 5.74) is 1.77. The van der Waals surface area contributed by atoms with Crippen molar-refractivity contribution >= 4 is 17.6 Å². The van der Waals surface area contributed by atoms with Gasteiger partial charge in [-0.05, 0) is 43.0 Å². The third-order valence-corrected chi connectivity index (χ3v) is 4.01. The van der Waals surface area contributed by atoms with Crippen LogP contribution < -0.4 is 9.64 Å². The lowest BCUT2D eigenvalue weighted by Crippen LogP contribution is -2.34. The van der Waals surface area contributed by atoms with Gasteiger partial charge in [-0.3, -0.25) is 4.79 Å².